The van der Waals surface area contributed by atoms with E-state index in [0.717, 1.165) is 25.9 Å². The zero-order valence-electron chi connectivity index (χ0n) is 10.2. The second-order valence-electron chi connectivity index (χ2n) is 5.08. The summed E-state index contributed by atoms with van der Waals surface area (Å²) >= 11 is 0. The number of carbonyl (C=O) groups is 1. The topological polar surface area (TPSA) is 41.6 Å². The van der Waals surface area contributed by atoms with Crippen molar-refractivity contribution in [2.45, 2.75) is 37.8 Å². The van der Waals surface area contributed by atoms with E-state index in [9.17, 15) is 4.79 Å². The molecule has 1 saturated heterocycles. The molecule has 2 aliphatic rings. The van der Waals surface area contributed by atoms with Gasteiger partial charge in [0.05, 0.1) is 7.11 Å². The van der Waals surface area contributed by atoms with E-state index in [-0.39, 0.29) is 12.0 Å². The lowest BCUT2D eigenvalue weighted by molar-refractivity contribution is -0.145. The van der Waals surface area contributed by atoms with Crippen LogP contribution in [0.1, 0.15) is 25.7 Å². The monoisotopic (exact) mass is 226 g/mol. The van der Waals surface area contributed by atoms with Gasteiger partial charge in [-0.3, -0.25) is 4.79 Å². The third kappa shape index (κ3) is 2.95. The number of ether oxygens (including phenoxy) is 1. The maximum absolute atomic E-state index is 11.8. The van der Waals surface area contributed by atoms with Gasteiger partial charge in [-0.25, -0.2) is 0 Å². The molecule has 1 N–H and O–H groups in total. The van der Waals surface area contributed by atoms with Gasteiger partial charge < -0.3 is 15.0 Å². The van der Waals surface area contributed by atoms with Gasteiger partial charge >= 0.3 is 5.97 Å². The summed E-state index contributed by atoms with van der Waals surface area (Å²) in [6.07, 6.45) is 4.60. The second kappa shape index (κ2) is 5.15. The minimum Gasteiger partial charge on any atom is -0.468 e. The van der Waals surface area contributed by atoms with Crippen LogP contribution in [-0.4, -0.2) is 50.2 Å². The zero-order chi connectivity index (χ0) is 11.5. The maximum Gasteiger partial charge on any atom is 0.323 e. The minimum atomic E-state index is -0.0820. The Kier molecular flexibility index (Phi) is 3.82. The summed E-state index contributed by atoms with van der Waals surface area (Å²) in [6.45, 7) is 2.18. The molecule has 0 radical (unpaired) electrons. The second-order valence-corrected chi connectivity index (χ2v) is 5.08. The summed E-state index contributed by atoms with van der Waals surface area (Å²) in [4.78, 5) is 14.1. The Morgan fingerprint density at radius 1 is 1.31 bits per heavy atom. The molecule has 1 heterocycles. The van der Waals surface area contributed by atoms with Crippen molar-refractivity contribution in [2.75, 3.05) is 27.2 Å². The van der Waals surface area contributed by atoms with E-state index in [4.69, 9.17) is 4.74 Å². The summed E-state index contributed by atoms with van der Waals surface area (Å²) in [5.74, 6) is 0.366. The van der Waals surface area contributed by atoms with Gasteiger partial charge in [0.25, 0.3) is 0 Å². The summed E-state index contributed by atoms with van der Waals surface area (Å²) in [5, 5.41) is 3.43. The van der Waals surface area contributed by atoms with Crippen LogP contribution in [0.25, 0.3) is 0 Å². The van der Waals surface area contributed by atoms with Gasteiger partial charge in [0.15, 0.2) is 0 Å². The van der Waals surface area contributed by atoms with Gasteiger partial charge in [-0.05, 0) is 51.7 Å². The number of hydrogen-bond donors (Lipinski definition) is 1. The van der Waals surface area contributed by atoms with Crippen LogP contribution in [0, 0.1) is 5.92 Å². The van der Waals surface area contributed by atoms with Crippen molar-refractivity contribution in [1.82, 2.24) is 10.2 Å². The highest BCUT2D eigenvalue weighted by Gasteiger charge is 2.35. The molecule has 0 aromatic rings. The van der Waals surface area contributed by atoms with E-state index in [1.165, 1.54) is 20.0 Å². The molecule has 2 rings (SSSR count). The fraction of sp³-hybridized carbons (Fsp3) is 0.917. The molecule has 4 heteroatoms. The van der Waals surface area contributed by atoms with E-state index in [0.29, 0.717) is 12.0 Å². The third-order valence-electron chi connectivity index (χ3n) is 3.68. The van der Waals surface area contributed by atoms with Crippen LogP contribution in [0.15, 0.2) is 0 Å². The predicted molar refractivity (Wildman–Crippen MR) is 62.2 cm³/mol. The molecule has 1 unspecified atom stereocenters. The Morgan fingerprint density at radius 2 is 1.94 bits per heavy atom. The molecule has 92 valence electrons. The highest BCUT2D eigenvalue weighted by molar-refractivity contribution is 5.76. The third-order valence-corrected chi connectivity index (χ3v) is 3.68. The minimum absolute atomic E-state index is 0.0776. The number of likely N-dealkylation sites (tertiary alicyclic amines) is 1. The van der Waals surface area contributed by atoms with Crippen molar-refractivity contribution < 1.29 is 9.53 Å². The maximum atomic E-state index is 11.8. The van der Waals surface area contributed by atoms with Crippen LogP contribution in [0.2, 0.25) is 0 Å². The molecule has 0 amide bonds. The molecule has 0 spiro atoms. The van der Waals surface area contributed by atoms with Crippen LogP contribution in [0.3, 0.4) is 0 Å². The first-order valence-electron chi connectivity index (χ1n) is 6.23. The van der Waals surface area contributed by atoms with E-state index >= 15 is 0 Å². The van der Waals surface area contributed by atoms with Gasteiger partial charge in [0, 0.05) is 6.04 Å². The fourth-order valence-electron chi connectivity index (χ4n) is 2.39. The summed E-state index contributed by atoms with van der Waals surface area (Å²) in [5.41, 5.74) is 0. The van der Waals surface area contributed by atoms with Gasteiger partial charge in [-0.2, -0.15) is 0 Å². The number of rotatable bonds is 4. The zero-order valence-corrected chi connectivity index (χ0v) is 10.2. The number of piperidine rings is 1. The number of nitrogens with zero attached hydrogens (tertiary/aromatic N) is 1. The van der Waals surface area contributed by atoms with Crippen LogP contribution >= 0.6 is 0 Å². The molecule has 4 nitrogen and oxygen atoms in total. The lowest BCUT2D eigenvalue weighted by Gasteiger charge is -2.33. The van der Waals surface area contributed by atoms with Gasteiger partial charge in [0.1, 0.15) is 6.04 Å². The Balaban J connectivity index is 1.91. The first-order chi connectivity index (χ1) is 7.70. The summed E-state index contributed by atoms with van der Waals surface area (Å²) < 4.78 is 4.91. The smallest absolute Gasteiger partial charge is 0.323 e. The van der Waals surface area contributed by atoms with Gasteiger partial charge in [0.2, 0.25) is 0 Å². The molecule has 1 aliphatic heterocycles. The number of nitrogens with one attached hydrogen (secondary N) is 1. The Bertz CT molecular complexity index is 245. The molecule has 2 fully saturated rings. The highest BCUT2D eigenvalue weighted by atomic mass is 16.5. The van der Waals surface area contributed by atoms with Crippen molar-refractivity contribution in [1.29, 1.82) is 0 Å². The Labute approximate surface area is 97.3 Å². The number of carbonyl (C=O) groups excluding carboxylic acids is 1. The standard InChI is InChI=1S/C12H22N2O2/c1-14-7-5-9(6-8-14)11(12(15)16-2)13-10-3-4-10/h9-11,13H,3-8H2,1-2H3. The fourth-order valence-corrected chi connectivity index (χ4v) is 2.39. The Hall–Kier alpha value is -0.610. The molecule has 0 aromatic carbocycles. The predicted octanol–water partition coefficient (Wildman–Crippen LogP) is 0.622. The molecule has 0 aromatic heterocycles. The quantitative estimate of drug-likeness (QED) is 0.714. The Morgan fingerprint density at radius 3 is 2.44 bits per heavy atom. The molecular weight excluding hydrogens is 204 g/mol. The summed E-state index contributed by atoms with van der Waals surface area (Å²) in [7, 11) is 3.62. The average molecular weight is 226 g/mol. The lowest BCUT2D eigenvalue weighted by atomic mass is 9.89. The molecule has 1 aliphatic carbocycles. The van der Waals surface area contributed by atoms with Gasteiger partial charge in [-0.1, -0.05) is 0 Å². The van der Waals surface area contributed by atoms with Crippen LogP contribution in [-0.2, 0) is 9.53 Å². The van der Waals surface area contributed by atoms with E-state index in [1.54, 1.807) is 0 Å². The lowest BCUT2D eigenvalue weighted by Crippen LogP contribution is -2.48. The van der Waals surface area contributed by atoms with Crippen molar-refractivity contribution in [3.05, 3.63) is 0 Å². The van der Waals surface area contributed by atoms with E-state index in [1.807, 2.05) is 0 Å². The van der Waals surface area contributed by atoms with Crippen molar-refractivity contribution in [2.24, 2.45) is 5.92 Å². The first-order valence-corrected chi connectivity index (χ1v) is 6.23. The van der Waals surface area contributed by atoms with Crippen molar-refractivity contribution in [3.63, 3.8) is 0 Å². The van der Waals surface area contributed by atoms with Gasteiger partial charge in [-0.15, -0.1) is 0 Å². The van der Waals surface area contributed by atoms with E-state index in [2.05, 4.69) is 17.3 Å². The SMILES string of the molecule is COC(=O)C(NC1CC1)C1CCN(C)CC1. The molecule has 16 heavy (non-hydrogen) atoms. The van der Waals surface area contributed by atoms with Crippen LogP contribution in [0.5, 0.6) is 0 Å². The molecular formula is C12H22N2O2. The van der Waals surface area contributed by atoms with Crippen LogP contribution < -0.4 is 5.32 Å². The number of hydrogen-bond acceptors (Lipinski definition) is 4. The molecule has 0 bridgehead atoms. The highest BCUT2D eigenvalue weighted by Crippen LogP contribution is 2.25. The average Bonchev–Trinajstić information content (AvgIpc) is 3.10. The number of esters is 1. The van der Waals surface area contributed by atoms with Crippen molar-refractivity contribution >= 4 is 5.97 Å². The van der Waals surface area contributed by atoms with Crippen molar-refractivity contribution in [3.8, 4) is 0 Å². The molecule has 1 saturated carbocycles. The largest absolute Gasteiger partial charge is 0.468 e. The normalized spacial score (nSPS) is 25.4. The first kappa shape index (κ1) is 11.9. The summed E-state index contributed by atoms with van der Waals surface area (Å²) in [6, 6.07) is 0.481. The number of methoxy groups -OCH3 is 1. The molecule has 1 atom stereocenters. The van der Waals surface area contributed by atoms with Crippen LogP contribution in [0.4, 0.5) is 0 Å². The van der Waals surface area contributed by atoms with E-state index < -0.39 is 0 Å².